The van der Waals surface area contributed by atoms with Crippen molar-refractivity contribution < 1.29 is 23.0 Å². The third-order valence-electron chi connectivity index (χ3n) is 4.86. The zero-order valence-corrected chi connectivity index (χ0v) is 14.3. The molecule has 4 rings (SSSR count). The molecule has 5 heteroatoms. The van der Waals surface area contributed by atoms with Crippen molar-refractivity contribution >= 4 is 0 Å². The predicted octanol–water partition coefficient (Wildman–Crippen LogP) is 6.07. The molecule has 3 aromatic rings. The first-order valence-corrected chi connectivity index (χ1v) is 8.64. The summed E-state index contributed by atoms with van der Waals surface area (Å²) < 4.78 is 44.5. The highest BCUT2D eigenvalue weighted by Crippen LogP contribution is 2.48. The van der Waals surface area contributed by atoms with E-state index >= 15 is 0 Å². The van der Waals surface area contributed by atoms with Gasteiger partial charge < -0.3 is 9.84 Å². The van der Waals surface area contributed by atoms with Gasteiger partial charge in [0.25, 0.3) is 0 Å². The van der Waals surface area contributed by atoms with E-state index in [-0.39, 0.29) is 11.7 Å². The summed E-state index contributed by atoms with van der Waals surface area (Å²) in [6.07, 6.45) is -4.65. The van der Waals surface area contributed by atoms with Crippen molar-refractivity contribution in [1.29, 1.82) is 0 Å². The van der Waals surface area contributed by atoms with E-state index in [1.54, 1.807) is 12.1 Å². The SMILES string of the molecule is O[C@@H]1C[C@H](c2ccccc2)c2cccc(Oc3cccc(C(F)(F)F)c3)c21. The van der Waals surface area contributed by atoms with E-state index < -0.39 is 17.8 Å². The number of aliphatic hydroxyl groups is 1. The largest absolute Gasteiger partial charge is 0.457 e. The second-order valence-electron chi connectivity index (χ2n) is 6.60. The Balaban J connectivity index is 1.70. The molecule has 0 fully saturated rings. The summed E-state index contributed by atoms with van der Waals surface area (Å²) in [6.45, 7) is 0. The summed E-state index contributed by atoms with van der Waals surface area (Å²) in [5, 5.41) is 10.6. The van der Waals surface area contributed by atoms with Crippen molar-refractivity contribution in [2.45, 2.75) is 24.6 Å². The Labute approximate surface area is 154 Å². The maximum atomic E-state index is 12.9. The minimum atomic E-state index is -4.43. The zero-order valence-electron chi connectivity index (χ0n) is 14.3. The first kappa shape index (κ1) is 17.6. The Morgan fingerprint density at radius 3 is 2.37 bits per heavy atom. The lowest BCUT2D eigenvalue weighted by atomic mass is 9.93. The molecule has 0 saturated heterocycles. The summed E-state index contributed by atoms with van der Waals surface area (Å²) >= 11 is 0. The van der Waals surface area contributed by atoms with Crippen LogP contribution in [0.4, 0.5) is 13.2 Å². The molecule has 0 spiro atoms. The van der Waals surface area contributed by atoms with Gasteiger partial charge in [0.15, 0.2) is 0 Å². The summed E-state index contributed by atoms with van der Waals surface area (Å²) in [6, 6.07) is 20.0. The molecule has 1 aliphatic rings. The Hall–Kier alpha value is -2.79. The van der Waals surface area contributed by atoms with Gasteiger partial charge >= 0.3 is 6.18 Å². The summed E-state index contributed by atoms with van der Waals surface area (Å²) in [5.74, 6) is 0.507. The Morgan fingerprint density at radius 2 is 1.63 bits per heavy atom. The number of halogens is 3. The van der Waals surface area contributed by atoms with Gasteiger partial charge in [-0.1, -0.05) is 48.5 Å². The van der Waals surface area contributed by atoms with Crippen LogP contribution >= 0.6 is 0 Å². The number of hydrogen-bond donors (Lipinski definition) is 1. The molecule has 0 saturated carbocycles. The molecule has 2 nitrogen and oxygen atoms in total. The molecular weight excluding hydrogens is 353 g/mol. The molecule has 1 N–H and O–H groups in total. The topological polar surface area (TPSA) is 29.5 Å². The summed E-state index contributed by atoms with van der Waals surface area (Å²) in [4.78, 5) is 0. The smallest absolute Gasteiger partial charge is 0.416 e. The van der Waals surface area contributed by atoms with Gasteiger partial charge in [0.05, 0.1) is 11.7 Å². The van der Waals surface area contributed by atoms with Crippen LogP contribution in [0.2, 0.25) is 0 Å². The molecule has 0 heterocycles. The molecule has 0 radical (unpaired) electrons. The molecule has 1 aliphatic carbocycles. The van der Waals surface area contributed by atoms with E-state index in [9.17, 15) is 18.3 Å². The fourth-order valence-corrected chi connectivity index (χ4v) is 3.64. The number of fused-ring (bicyclic) bond motifs is 1. The lowest BCUT2D eigenvalue weighted by Crippen LogP contribution is -2.04. The van der Waals surface area contributed by atoms with E-state index in [1.165, 1.54) is 12.1 Å². The maximum Gasteiger partial charge on any atom is 0.416 e. The van der Waals surface area contributed by atoms with E-state index in [0.717, 1.165) is 23.3 Å². The van der Waals surface area contributed by atoms with Gasteiger partial charge in [-0.15, -0.1) is 0 Å². The van der Waals surface area contributed by atoms with E-state index in [0.29, 0.717) is 17.7 Å². The van der Waals surface area contributed by atoms with Crippen LogP contribution in [0.5, 0.6) is 11.5 Å². The molecule has 3 aromatic carbocycles. The van der Waals surface area contributed by atoms with E-state index in [1.807, 2.05) is 36.4 Å². The number of ether oxygens (including phenoxy) is 1. The molecule has 0 bridgehead atoms. The van der Waals surface area contributed by atoms with E-state index in [4.69, 9.17) is 4.74 Å². The fraction of sp³-hybridized carbons (Fsp3) is 0.182. The maximum absolute atomic E-state index is 12.9. The van der Waals surface area contributed by atoms with Gasteiger partial charge in [-0.2, -0.15) is 13.2 Å². The number of rotatable bonds is 3. The van der Waals surface area contributed by atoms with Gasteiger partial charge in [-0.25, -0.2) is 0 Å². The van der Waals surface area contributed by atoms with Crippen molar-refractivity contribution in [2.24, 2.45) is 0 Å². The highest BCUT2D eigenvalue weighted by molar-refractivity contribution is 5.52. The standard InChI is InChI=1S/C22H17F3O2/c23-22(24,25)15-8-4-9-16(12-15)27-20-11-5-10-17-18(13-19(26)21(17)20)14-6-2-1-3-7-14/h1-12,18-19,26H,13H2/t18-,19-/m1/s1. The number of benzene rings is 3. The van der Waals surface area contributed by atoms with Crippen LogP contribution in [-0.2, 0) is 6.18 Å². The van der Waals surface area contributed by atoms with Gasteiger partial charge in [0.1, 0.15) is 11.5 Å². The zero-order chi connectivity index (χ0) is 19.0. The third kappa shape index (κ3) is 3.43. The molecule has 0 amide bonds. The van der Waals surface area contributed by atoms with Crippen LogP contribution in [0.1, 0.15) is 40.7 Å². The van der Waals surface area contributed by atoms with Gasteiger partial charge in [0, 0.05) is 11.5 Å². The quantitative estimate of drug-likeness (QED) is 0.607. The van der Waals surface area contributed by atoms with Crippen molar-refractivity contribution in [2.75, 3.05) is 0 Å². The molecule has 2 atom stereocenters. The van der Waals surface area contributed by atoms with Gasteiger partial charge in [-0.05, 0) is 41.8 Å². The van der Waals surface area contributed by atoms with E-state index in [2.05, 4.69) is 0 Å². The van der Waals surface area contributed by atoms with Crippen molar-refractivity contribution in [1.82, 2.24) is 0 Å². The first-order chi connectivity index (χ1) is 12.9. The molecule has 0 aliphatic heterocycles. The van der Waals surface area contributed by atoms with Gasteiger partial charge in [0.2, 0.25) is 0 Å². The third-order valence-corrected chi connectivity index (χ3v) is 4.86. The minimum absolute atomic E-state index is 0.0289. The molecule has 0 unspecified atom stereocenters. The Morgan fingerprint density at radius 1 is 0.889 bits per heavy atom. The Kier molecular flexibility index (Phi) is 4.40. The monoisotopic (exact) mass is 370 g/mol. The number of aliphatic hydroxyl groups excluding tert-OH is 1. The van der Waals surface area contributed by atoms with Crippen LogP contribution in [0, 0.1) is 0 Å². The van der Waals surface area contributed by atoms with Crippen molar-refractivity contribution in [3.05, 3.63) is 95.1 Å². The predicted molar refractivity (Wildman–Crippen MR) is 95.8 cm³/mol. The molecule has 138 valence electrons. The molecule has 27 heavy (non-hydrogen) atoms. The van der Waals surface area contributed by atoms with Crippen molar-refractivity contribution in [3.8, 4) is 11.5 Å². The second-order valence-corrected chi connectivity index (χ2v) is 6.60. The lowest BCUT2D eigenvalue weighted by Gasteiger charge is -2.15. The van der Waals surface area contributed by atoms with Crippen molar-refractivity contribution in [3.63, 3.8) is 0 Å². The second kappa shape index (κ2) is 6.74. The number of alkyl halides is 3. The van der Waals surface area contributed by atoms with Gasteiger partial charge in [-0.3, -0.25) is 0 Å². The molecular formula is C22H17F3O2. The minimum Gasteiger partial charge on any atom is -0.457 e. The van der Waals surface area contributed by atoms with Crippen LogP contribution in [0.15, 0.2) is 72.8 Å². The van der Waals surface area contributed by atoms with Crippen LogP contribution in [-0.4, -0.2) is 5.11 Å². The Bertz CT molecular complexity index is 951. The lowest BCUT2D eigenvalue weighted by molar-refractivity contribution is -0.137. The normalized spacial score (nSPS) is 19.0. The average molecular weight is 370 g/mol. The average Bonchev–Trinajstić information content (AvgIpc) is 3.00. The van der Waals surface area contributed by atoms with Crippen LogP contribution < -0.4 is 4.74 Å². The number of hydrogen-bond acceptors (Lipinski definition) is 2. The summed E-state index contributed by atoms with van der Waals surface area (Å²) in [5.41, 5.74) is 1.91. The summed E-state index contributed by atoms with van der Waals surface area (Å²) in [7, 11) is 0. The highest BCUT2D eigenvalue weighted by Gasteiger charge is 2.34. The highest BCUT2D eigenvalue weighted by atomic mass is 19.4. The first-order valence-electron chi connectivity index (χ1n) is 8.64. The fourth-order valence-electron chi connectivity index (χ4n) is 3.64. The molecule has 0 aromatic heterocycles. The van der Waals surface area contributed by atoms with Crippen LogP contribution in [0.25, 0.3) is 0 Å². The van der Waals surface area contributed by atoms with Crippen LogP contribution in [0.3, 0.4) is 0 Å².